The van der Waals surface area contributed by atoms with Gasteiger partial charge >= 0.3 is 0 Å². The zero-order valence-corrected chi connectivity index (χ0v) is 13.8. The van der Waals surface area contributed by atoms with E-state index in [1.165, 1.54) is 0 Å². The van der Waals surface area contributed by atoms with E-state index in [1.807, 2.05) is 54.2 Å². The molecule has 4 nitrogen and oxygen atoms in total. The van der Waals surface area contributed by atoms with Crippen LogP contribution in [0.4, 0.5) is 0 Å². The monoisotopic (exact) mass is 327 g/mol. The van der Waals surface area contributed by atoms with Gasteiger partial charge < -0.3 is 10.8 Å². The Labute approximate surface area is 140 Å². The van der Waals surface area contributed by atoms with Crippen LogP contribution in [0, 0.1) is 0 Å². The Bertz CT molecular complexity index is 729. The molecule has 0 aliphatic carbocycles. The van der Waals surface area contributed by atoms with Crippen LogP contribution in [0.1, 0.15) is 30.9 Å². The van der Waals surface area contributed by atoms with Crippen molar-refractivity contribution in [2.45, 2.75) is 25.4 Å². The summed E-state index contributed by atoms with van der Waals surface area (Å²) in [5, 5.41) is 21.0. The first-order valence-corrected chi connectivity index (χ1v) is 9.01. The SMILES string of the molecule is N/C(CC(O)c1cccc2ccccc12)=N\N=C1CCSCC1. The molecular formula is C18H21N3OS. The molecule has 3 N–H and O–H groups in total. The first kappa shape index (κ1) is 16.0. The van der Waals surface area contributed by atoms with Crippen molar-refractivity contribution < 1.29 is 5.11 Å². The maximum Gasteiger partial charge on any atom is 0.125 e. The molecule has 1 atom stereocenters. The van der Waals surface area contributed by atoms with Crippen LogP contribution in [-0.4, -0.2) is 28.2 Å². The summed E-state index contributed by atoms with van der Waals surface area (Å²) in [6, 6.07) is 13.9. The van der Waals surface area contributed by atoms with Gasteiger partial charge in [-0.05, 0) is 40.7 Å². The van der Waals surface area contributed by atoms with Gasteiger partial charge in [0.25, 0.3) is 0 Å². The number of aliphatic hydroxyl groups is 1. The second-order valence-corrected chi connectivity index (χ2v) is 6.88. The normalized spacial score (nSPS) is 17.3. The summed E-state index contributed by atoms with van der Waals surface area (Å²) >= 11 is 1.94. The van der Waals surface area contributed by atoms with Crippen LogP contribution in [-0.2, 0) is 0 Å². The van der Waals surface area contributed by atoms with Crippen LogP contribution in [0.25, 0.3) is 10.8 Å². The van der Waals surface area contributed by atoms with Crippen LogP contribution < -0.4 is 5.73 Å². The molecule has 1 aliphatic rings. The summed E-state index contributed by atoms with van der Waals surface area (Å²) in [7, 11) is 0. The number of nitrogens with zero attached hydrogens (tertiary/aromatic N) is 2. The molecule has 1 heterocycles. The highest BCUT2D eigenvalue weighted by atomic mass is 32.2. The summed E-state index contributed by atoms with van der Waals surface area (Å²) < 4.78 is 0. The van der Waals surface area contributed by atoms with Crippen LogP contribution in [0.2, 0.25) is 0 Å². The van der Waals surface area contributed by atoms with Crippen molar-refractivity contribution in [3.8, 4) is 0 Å². The molecule has 2 aromatic rings. The molecule has 0 spiro atoms. The molecule has 0 bridgehead atoms. The molecule has 23 heavy (non-hydrogen) atoms. The van der Waals surface area contributed by atoms with E-state index in [0.29, 0.717) is 12.3 Å². The van der Waals surface area contributed by atoms with Crippen LogP contribution >= 0.6 is 11.8 Å². The average Bonchev–Trinajstić information content (AvgIpc) is 2.60. The number of hydrogen-bond donors (Lipinski definition) is 2. The third kappa shape index (κ3) is 4.12. The molecule has 1 saturated heterocycles. The van der Waals surface area contributed by atoms with Gasteiger partial charge in [0, 0.05) is 12.1 Å². The number of rotatable bonds is 4. The first-order chi connectivity index (χ1) is 11.2. The fraction of sp³-hybridized carbons (Fsp3) is 0.333. The largest absolute Gasteiger partial charge is 0.388 e. The fourth-order valence-corrected chi connectivity index (χ4v) is 3.70. The maximum atomic E-state index is 10.5. The Kier molecular flexibility index (Phi) is 5.31. The third-order valence-electron chi connectivity index (χ3n) is 3.97. The molecule has 0 saturated carbocycles. The second-order valence-electron chi connectivity index (χ2n) is 5.66. The lowest BCUT2D eigenvalue weighted by molar-refractivity contribution is 0.187. The van der Waals surface area contributed by atoms with Crippen LogP contribution in [0.15, 0.2) is 52.7 Å². The van der Waals surface area contributed by atoms with Gasteiger partial charge in [0.05, 0.1) is 6.10 Å². The molecular weight excluding hydrogens is 306 g/mol. The highest BCUT2D eigenvalue weighted by molar-refractivity contribution is 7.99. The lowest BCUT2D eigenvalue weighted by Gasteiger charge is -2.13. The molecule has 0 radical (unpaired) electrons. The Hall–Kier alpha value is -1.85. The highest BCUT2D eigenvalue weighted by Gasteiger charge is 2.13. The maximum absolute atomic E-state index is 10.5. The molecule has 1 unspecified atom stereocenters. The van der Waals surface area contributed by atoms with Crippen molar-refractivity contribution in [3.05, 3.63) is 48.0 Å². The van der Waals surface area contributed by atoms with Crippen molar-refractivity contribution in [1.82, 2.24) is 0 Å². The van der Waals surface area contributed by atoms with Crippen molar-refractivity contribution in [1.29, 1.82) is 0 Å². The number of aliphatic hydroxyl groups excluding tert-OH is 1. The van der Waals surface area contributed by atoms with Gasteiger partial charge in [-0.25, -0.2) is 0 Å². The van der Waals surface area contributed by atoms with Crippen molar-refractivity contribution in [2.75, 3.05) is 11.5 Å². The van der Waals surface area contributed by atoms with E-state index < -0.39 is 6.10 Å². The molecule has 3 rings (SSSR count). The number of benzene rings is 2. The summed E-state index contributed by atoms with van der Waals surface area (Å²) in [5.74, 6) is 2.58. The predicted octanol–water partition coefficient (Wildman–Crippen LogP) is 3.50. The summed E-state index contributed by atoms with van der Waals surface area (Å²) in [6.45, 7) is 0. The summed E-state index contributed by atoms with van der Waals surface area (Å²) in [4.78, 5) is 0. The molecule has 2 aromatic carbocycles. The minimum absolute atomic E-state index is 0.291. The number of hydrogen-bond acceptors (Lipinski definition) is 4. The van der Waals surface area contributed by atoms with Gasteiger partial charge in [0.2, 0.25) is 0 Å². The Morgan fingerprint density at radius 3 is 2.70 bits per heavy atom. The Morgan fingerprint density at radius 2 is 1.87 bits per heavy atom. The smallest absolute Gasteiger partial charge is 0.125 e. The number of amidine groups is 1. The van der Waals surface area contributed by atoms with E-state index in [2.05, 4.69) is 10.2 Å². The van der Waals surface area contributed by atoms with E-state index in [-0.39, 0.29) is 0 Å². The summed E-state index contributed by atoms with van der Waals surface area (Å²) in [6.07, 6.45) is 1.58. The second kappa shape index (κ2) is 7.62. The lowest BCUT2D eigenvalue weighted by atomic mass is 9.98. The van der Waals surface area contributed by atoms with Gasteiger partial charge in [0.15, 0.2) is 0 Å². The zero-order valence-electron chi connectivity index (χ0n) is 13.0. The average molecular weight is 327 g/mol. The summed E-state index contributed by atoms with van der Waals surface area (Å²) in [5.41, 5.74) is 7.93. The van der Waals surface area contributed by atoms with Crippen LogP contribution in [0.5, 0.6) is 0 Å². The van der Waals surface area contributed by atoms with Gasteiger partial charge in [-0.3, -0.25) is 0 Å². The molecule has 0 aromatic heterocycles. The predicted molar refractivity (Wildman–Crippen MR) is 99.1 cm³/mol. The van der Waals surface area contributed by atoms with Gasteiger partial charge in [0.1, 0.15) is 5.84 Å². The topological polar surface area (TPSA) is 71.0 Å². The lowest BCUT2D eigenvalue weighted by Crippen LogP contribution is -2.16. The van der Waals surface area contributed by atoms with E-state index >= 15 is 0 Å². The molecule has 1 fully saturated rings. The van der Waals surface area contributed by atoms with Crippen LogP contribution in [0.3, 0.4) is 0 Å². The Morgan fingerprint density at radius 1 is 1.13 bits per heavy atom. The molecule has 120 valence electrons. The zero-order chi connectivity index (χ0) is 16.1. The number of nitrogens with two attached hydrogens (primary N) is 1. The highest BCUT2D eigenvalue weighted by Crippen LogP contribution is 2.26. The minimum atomic E-state index is -0.674. The molecule has 1 aliphatic heterocycles. The number of thioether (sulfide) groups is 1. The minimum Gasteiger partial charge on any atom is -0.388 e. The molecule has 5 heteroatoms. The first-order valence-electron chi connectivity index (χ1n) is 7.85. The fourth-order valence-electron chi connectivity index (χ4n) is 2.73. The van der Waals surface area contributed by atoms with E-state index in [0.717, 1.165) is 46.4 Å². The molecule has 0 amide bonds. The third-order valence-corrected chi connectivity index (χ3v) is 4.96. The van der Waals surface area contributed by atoms with Crippen molar-refractivity contribution >= 4 is 34.1 Å². The van der Waals surface area contributed by atoms with Crippen molar-refractivity contribution in [2.24, 2.45) is 15.9 Å². The van der Waals surface area contributed by atoms with Gasteiger partial charge in [-0.1, -0.05) is 42.5 Å². The van der Waals surface area contributed by atoms with E-state index in [4.69, 9.17) is 5.73 Å². The quantitative estimate of drug-likeness (QED) is 0.513. The number of fused-ring (bicyclic) bond motifs is 1. The van der Waals surface area contributed by atoms with E-state index in [1.54, 1.807) is 0 Å². The van der Waals surface area contributed by atoms with Crippen molar-refractivity contribution in [3.63, 3.8) is 0 Å². The van der Waals surface area contributed by atoms with Gasteiger partial charge in [-0.15, -0.1) is 5.10 Å². The standard InChI is InChI=1S/C18H21N3OS/c19-18(21-20-14-8-10-23-11-9-14)12-17(22)16-7-3-5-13-4-1-2-6-15(13)16/h1-7,17,22H,8-12H2,(H2,19,21). The van der Waals surface area contributed by atoms with E-state index in [9.17, 15) is 5.11 Å². The Balaban J connectivity index is 1.73. The van der Waals surface area contributed by atoms with Gasteiger partial charge in [-0.2, -0.15) is 16.9 Å².